The maximum Gasteiger partial charge on any atom is 0.106 e. The van der Waals surface area contributed by atoms with Gasteiger partial charge in [-0.15, -0.1) is 0 Å². The van der Waals surface area contributed by atoms with E-state index in [0.29, 0.717) is 0 Å². The van der Waals surface area contributed by atoms with E-state index in [1.54, 1.807) is 18.6 Å². The van der Waals surface area contributed by atoms with Gasteiger partial charge in [0.1, 0.15) is 11.5 Å². The molecule has 1 N–H and O–H groups in total. The number of hydrogen-bond acceptors (Lipinski definition) is 4. The molecule has 90 valence electrons. The Morgan fingerprint density at radius 2 is 1.94 bits per heavy atom. The first-order valence-electron chi connectivity index (χ1n) is 5.64. The summed E-state index contributed by atoms with van der Waals surface area (Å²) in [4.78, 5) is 8.46. The highest BCUT2D eigenvalue weighted by Crippen LogP contribution is 2.29. The van der Waals surface area contributed by atoms with E-state index < -0.39 is 0 Å². The number of rotatable bonds is 3. The normalized spacial score (nSPS) is 12.7. The summed E-state index contributed by atoms with van der Waals surface area (Å²) in [5.74, 6) is 1.90. The SMILES string of the molecule is CNC(c1cnccn1)c1c(C)oc(C)c1C. The zero-order valence-electron chi connectivity index (χ0n) is 10.6. The standard InChI is InChI=1S/C13H17N3O/c1-8-9(2)17-10(3)12(8)13(14-4)11-7-15-5-6-16-11/h5-7,13-14H,1-4H3. The Balaban J connectivity index is 2.50. The largest absolute Gasteiger partial charge is 0.466 e. The predicted octanol–water partition coefficient (Wildman–Crippen LogP) is 2.30. The topological polar surface area (TPSA) is 51.0 Å². The molecule has 2 rings (SSSR count). The average Bonchev–Trinajstić information content (AvgIpc) is 2.58. The molecule has 0 saturated carbocycles. The van der Waals surface area contributed by atoms with Gasteiger partial charge in [0.15, 0.2) is 0 Å². The molecule has 17 heavy (non-hydrogen) atoms. The lowest BCUT2D eigenvalue weighted by molar-refractivity contribution is 0.495. The molecule has 0 bridgehead atoms. The van der Waals surface area contributed by atoms with E-state index in [9.17, 15) is 0 Å². The van der Waals surface area contributed by atoms with Crippen molar-refractivity contribution >= 4 is 0 Å². The van der Waals surface area contributed by atoms with Gasteiger partial charge >= 0.3 is 0 Å². The Bertz CT molecular complexity index is 505. The van der Waals surface area contributed by atoms with E-state index in [1.807, 2.05) is 20.9 Å². The smallest absolute Gasteiger partial charge is 0.106 e. The van der Waals surface area contributed by atoms with Crippen LogP contribution in [0.1, 0.15) is 34.4 Å². The van der Waals surface area contributed by atoms with Crippen molar-refractivity contribution in [3.05, 3.63) is 46.9 Å². The summed E-state index contributed by atoms with van der Waals surface area (Å²) in [5, 5.41) is 3.27. The van der Waals surface area contributed by atoms with Crippen LogP contribution in [0.5, 0.6) is 0 Å². The molecule has 2 aromatic heterocycles. The molecule has 0 spiro atoms. The second kappa shape index (κ2) is 4.67. The minimum atomic E-state index is 0.0288. The summed E-state index contributed by atoms with van der Waals surface area (Å²) in [5.41, 5.74) is 3.24. The molecule has 1 atom stereocenters. The third-order valence-corrected chi connectivity index (χ3v) is 3.07. The summed E-state index contributed by atoms with van der Waals surface area (Å²) in [6, 6.07) is 0.0288. The maximum absolute atomic E-state index is 5.66. The molecule has 0 aliphatic heterocycles. The van der Waals surface area contributed by atoms with Crippen LogP contribution in [0.3, 0.4) is 0 Å². The molecule has 0 aromatic carbocycles. The predicted molar refractivity (Wildman–Crippen MR) is 65.9 cm³/mol. The van der Waals surface area contributed by atoms with Crippen LogP contribution in [-0.4, -0.2) is 17.0 Å². The molecule has 0 saturated heterocycles. The fraction of sp³-hybridized carbons (Fsp3) is 0.385. The monoisotopic (exact) mass is 231 g/mol. The van der Waals surface area contributed by atoms with Gasteiger partial charge in [0.05, 0.1) is 17.9 Å². The number of nitrogens with zero attached hydrogens (tertiary/aromatic N) is 2. The minimum absolute atomic E-state index is 0.0288. The van der Waals surface area contributed by atoms with Crippen molar-refractivity contribution in [3.63, 3.8) is 0 Å². The lowest BCUT2D eigenvalue weighted by atomic mass is 10.00. The van der Waals surface area contributed by atoms with Crippen molar-refractivity contribution in [2.75, 3.05) is 7.05 Å². The van der Waals surface area contributed by atoms with Crippen molar-refractivity contribution in [2.45, 2.75) is 26.8 Å². The van der Waals surface area contributed by atoms with Crippen LogP contribution >= 0.6 is 0 Å². The number of furan rings is 1. The van der Waals surface area contributed by atoms with Crippen LogP contribution in [0.2, 0.25) is 0 Å². The van der Waals surface area contributed by atoms with Gasteiger partial charge in [-0.25, -0.2) is 0 Å². The average molecular weight is 231 g/mol. The van der Waals surface area contributed by atoms with Gasteiger partial charge in [0, 0.05) is 18.0 Å². The first kappa shape index (κ1) is 11.8. The summed E-state index contributed by atoms with van der Waals surface area (Å²) in [6.45, 7) is 6.03. The lowest BCUT2D eigenvalue weighted by Crippen LogP contribution is -2.20. The van der Waals surface area contributed by atoms with Gasteiger partial charge in [0.25, 0.3) is 0 Å². The highest BCUT2D eigenvalue weighted by Gasteiger charge is 2.22. The summed E-state index contributed by atoms with van der Waals surface area (Å²) in [6.07, 6.45) is 5.16. The fourth-order valence-electron chi connectivity index (χ4n) is 2.13. The molecule has 4 heteroatoms. The van der Waals surface area contributed by atoms with Crippen LogP contribution in [0, 0.1) is 20.8 Å². The Hall–Kier alpha value is -1.68. The van der Waals surface area contributed by atoms with Gasteiger partial charge in [-0.3, -0.25) is 9.97 Å². The van der Waals surface area contributed by atoms with Gasteiger partial charge in [0.2, 0.25) is 0 Å². The Morgan fingerprint density at radius 3 is 2.41 bits per heavy atom. The summed E-state index contributed by atoms with van der Waals surface area (Å²) >= 11 is 0. The fourth-order valence-corrected chi connectivity index (χ4v) is 2.13. The molecule has 0 fully saturated rings. The Morgan fingerprint density at radius 1 is 1.18 bits per heavy atom. The molecule has 0 amide bonds. The zero-order chi connectivity index (χ0) is 12.4. The van der Waals surface area contributed by atoms with Gasteiger partial charge in [-0.05, 0) is 33.4 Å². The number of aromatic nitrogens is 2. The second-order valence-corrected chi connectivity index (χ2v) is 4.11. The van der Waals surface area contributed by atoms with Crippen LogP contribution in [-0.2, 0) is 0 Å². The first-order chi connectivity index (χ1) is 8.15. The summed E-state index contributed by atoms with van der Waals surface area (Å²) in [7, 11) is 1.92. The number of hydrogen-bond donors (Lipinski definition) is 1. The molecule has 1 unspecified atom stereocenters. The zero-order valence-corrected chi connectivity index (χ0v) is 10.6. The third kappa shape index (κ3) is 2.08. The molecule has 2 aromatic rings. The van der Waals surface area contributed by atoms with Crippen molar-refractivity contribution in [1.29, 1.82) is 0 Å². The van der Waals surface area contributed by atoms with E-state index in [0.717, 1.165) is 22.8 Å². The minimum Gasteiger partial charge on any atom is -0.466 e. The van der Waals surface area contributed by atoms with Crippen LogP contribution in [0.4, 0.5) is 0 Å². The lowest BCUT2D eigenvalue weighted by Gasteiger charge is -2.15. The van der Waals surface area contributed by atoms with Crippen LogP contribution in [0.25, 0.3) is 0 Å². The van der Waals surface area contributed by atoms with E-state index in [4.69, 9.17) is 4.42 Å². The highest BCUT2D eigenvalue weighted by molar-refractivity contribution is 5.38. The molecule has 0 radical (unpaired) electrons. The van der Waals surface area contributed by atoms with Crippen LogP contribution in [0.15, 0.2) is 23.0 Å². The number of nitrogens with one attached hydrogen (secondary N) is 1. The quantitative estimate of drug-likeness (QED) is 0.880. The van der Waals surface area contributed by atoms with E-state index >= 15 is 0 Å². The van der Waals surface area contributed by atoms with Gasteiger partial charge < -0.3 is 9.73 Å². The molecular formula is C13H17N3O. The second-order valence-electron chi connectivity index (χ2n) is 4.11. The summed E-state index contributed by atoms with van der Waals surface area (Å²) < 4.78 is 5.66. The van der Waals surface area contributed by atoms with E-state index in [1.165, 1.54) is 5.56 Å². The maximum atomic E-state index is 5.66. The third-order valence-electron chi connectivity index (χ3n) is 3.07. The van der Waals surface area contributed by atoms with Crippen LogP contribution < -0.4 is 5.32 Å². The van der Waals surface area contributed by atoms with Crippen molar-refractivity contribution < 1.29 is 4.42 Å². The Kier molecular flexibility index (Phi) is 3.24. The van der Waals surface area contributed by atoms with Gasteiger partial charge in [-0.2, -0.15) is 0 Å². The highest BCUT2D eigenvalue weighted by atomic mass is 16.3. The molecule has 0 aliphatic rings. The molecule has 0 aliphatic carbocycles. The van der Waals surface area contributed by atoms with E-state index in [-0.39, 0.29) is 6.04 Å². The molecular weight excluding hydrogens is 214 g/mol. The number of aryl methyl sites for hydroxylation is 2. The first-order valence-corrected chi connectivity index (χ1v) is 5.64. The molecule has 2 heterocycles. The van der Waals surface area contributed by atoms with E-state index in [2.05, 4.69) is 22.2 Å². The molecule has 4 nitrogen and oxygen atoms in total. The van der Waals surface area contributed by atoms with Crippen molar-refractivity contribution in [2.24, 2.45) is 0 Å². The Labute approximate surface area is 101 Å². The van der Waals surface area contributed by atoms with Gasteiger partial charge in [-0.1, -0.05) is 0 Å². The van der Waals surface area contributed by atoms with Crippen molar-refractivity contribution in [3.8, 4) is 0 Å². The van der Waals surface area contributed by atoms with Crippen molar-refractivity contribution in [1.82, 2.24) is 15.3 Å².